The molecule has 5 aromatic rings. The summed E-state index contributed by atoms with van der Waals surface area (Å²) in [6.07, 6.45) is 5.35. The zero-order valence-corrected chi connectivity index (χ0v) is 12.1. The van der Waals surface area contributed by atoms with Gasteiger partial charge in [0.2, 0.25) is 0 Å². The summed E-state index contributed by atoms with van der Waals surface area (Å²) in [5.41, 5.74) is 5.23. The average molecular weight is 297 g/mol. The van der Waals surface area contributed by atoms with E-state index in [4.69, 9.17) is 4.42 Å². The molecule has 0 saturated heterocycles. The SMILES string of the molecule is c1cnc2c(-c3cc4c(cn3)oc3ccccc34)ccnc2c1. The number of benzene rings is 1. The maximum Gasteiger partial charge on any atom is 0.153 e. The molecule has 0 bridgehead atoms. The van der Waals surface area contributed by atoms with Crippen LogP contribution in [0.3, 0.4) is 0 Å². The summed E-state index contributed by atoms with van der Waals surface area (Å²) in [5, 5.41) is 2.16. The van der Waals surface area contributed by atoms with Gasteiger partial charge < -0.3 is 4.42 Å². The molecule has 4 aromatic heterocycles. The summed E-state index contributed by atoms with van der Waals surface area (Å²) in [6, 6.07) is 15.9. The standard InChI is InChI=1S/C19H11N3O/c1-2-6-17-12(4-1)14-10-16(22-11-18(14)23-17)13-7-9-20-15-5-3-8-21-19(13)15/h1-11H. The lowest BCUT2D eigenvalue weighted by atomic mass is 10.1. The van der Waals surface area contributed by atoms with E-state index in [1.807, 2.05) is 36.4 Å². The number of nitrogens with zero attached hydrogens (tertiary/aromatic N) is 3. The van der Waals surface area contributed by atoms with E-state index < -0.39 is 0 Å². The highest BCUT2D eigenvalue weighted by Gasteiger charge is 2.11. The maximum absolute atomic E-state index is 5.84. The number of aromatic nitrogens is 3. The first-order chi connectivity index (χ1) is 11.4. The van der Waals surface area contributed by atoms with Gasteiger partial charge in [-0.1, -0.05) is 18.2 Å². The highest BCUT2D eigenvalue weighted by molar-refractivity contribution is 6.06. The quantitative estimate of drug-likeness (QED) is 0.454. The maximum atomic E-state index is 5.84. The molecule has 1 aromatic carbocycles. The third-order valence-electron chi connectivity index (χ3n) is 4.04. The zero-order valence-electron chi connectivity index (χ0n) is 12.1. The van der Waals surface area contributed by atoms with Gasteiger partial charge in [0, 0.05) is 28.7 Å². The molecule has 0 aliphatic carbocycles. The second-order valence-electron chi connectivity index (χ2n) is 5.39. The Morgan fingerprint density at radius 3 is 2.70 bits per heavy atom. The van der Waals surface area contributed by atoms with Gasteiger partial charge in [0.05, 0.1) is 22.9 Å². The van der Waals surface area contributed by atoms with E-state index in [9.17, 15) is 0 Å². The van der Waals surface area contributed by atoms with Crippen LogP contribution >= 0.6 is 0 Å². The number of para-hydroxylation sites is 1. The summed E-state index contributed by atoms with van der Waals surface area (Å²) < 4.78 is 5.84. The van der Waals surface area contributed by atoms with E-state index in [0.717, 1.165) is 44.2 Å². The Bertz CT molecular complexity index is 1170. The van der Waals surface area contributed by atoms with Crippen molar-refractivity contribution in [3.05, 3.63) is 67.1 Å². The largest absolute Gasteiger partial charge is 0.454 e. The Morgan fingerprint density at radius 1 is 0.739 bits per heavy atom. The molecule has 0 spiro atoms. The Balaban J connectivity index is 1.84. The minimum atomic E-state index is 0.793. The summed E-state index contributed by atoms with van der Waals surface area (Å²) in [7, 11) is 0. The lowest BCUT2D eigenvalue weighted by Crippen LogP contribution is -1.89. The van der Waals surface area contributed by atoms with Gasteiger partial charge in [-0.25, -0.2) is 0 Å². The van der Waals surface area contributed by atoms with Gasteiger partial charge in [0.15, 0.2) is 5.58 Å². The molecule has 5 rings (SSSR count). The van der Waals surface area contributed by atoms with Crippen molar-refractivity contribution in [1.82, 2.24) is 15.0 Å². The molecule has 0 saturated carbocycles. The van der Waals surface area contributed by atoms with Crippen LogP contribution < -0.4 is 0 Å². The number of hydrogen-bond acceptors (Lipinski definition) is 4. The third kappa shape index (κ3) is 1.82. The molecule has 0 N–H and O–H groups in total. The topological polar surface area (TPSA) is 51.8 Å². The van der Waals surface area contributed by atoms with Crippen LogP contribution in [0.4, 0.5) is 0 Å². The molecule has 0 amide bonds. The second kappa shape index (κ2) is 4.61. The first-order valence-corrected chi connectivity index (χ1v) is 7.37. The summed E-state index contributed by atoms with van der Waals surface area (Å²) in [5.74, 6) is 0. The number of furan rings is 1. The predicted molar refractivity (Wildman–Crippen MR) is 90.0 cm³/mol. The Morgan fingerprint density at radius 2 is 1.70 bits per heavy atom. The number of pyridine rings is 3. The molecule has 0 fully saturated rings. The molecule has 0 unspecified atom stereocenters. The smallest absolute Gasteiger partial charge is 0.153 e. The molecular weight excluding hydrogens is 286 g/mol. The van der Waals surface area contributed by atoms with E-state index in [1.165, 1.54) is 0 Å². The van der Waals surface area contributed by atoms with Gasteiger partial charge in [-0.05, 0) is 30.3 Å². The molecule has 0 radical (unpaired) electrons. The minimum Gasteiger partial charge on any atom is -0.454 e. The molecule has 0 atom stereocenters. The molecule has 4 heteroatoms. The molecular formula is C19H11N3O. The van der Waals surface area contributed by atoms with E-state index in [0.29, 0.717) is 0 Å². The van der Waals surface area contributed by atoms with Crippen molar-refractivity contribution in [2.24, 2.45) is 0 Å². The van der Waals surface area contributed by atoms with E-state index in [2.05, 4.69) is 27.1 Å². The second-order valence-corrected chi connectivity index (χ2v) is 5.39. The molecule has 0 aliphatic heterocycles. The van der Waals surface area contributed by atoms with Crippen LogP contribution in [0.1, 0.15) is 0 Å². The van der Waals surface area contributed by atoms with Gasteiger partial charge in [-0.2, -0.15) is 0 Å². The number of hydrogen-bond donors (Lipinski definition) is 0. The van der Waals surface area contributed by atoms with Crippen molar-refractivity contribution >= 4 is 33.0 Å². The van der Waals surface area contributed by atoms with E-state index in [-0.39, 0.29) is 0 Å². The van der Waals surface area contributed by atoms with Gasteiger partial charge in [-0.15, -0.1) is 0 Å². The van der Waals surface area contributed by atoms with Crippen LogP contribution in [0.5, 0.6) is 0 Å². The fourth-order valence-electron chi connectivity index (χ4n) is 2.96. The summed E-state index contributed by atoms with van der Waals surface area (Å²) in [4.78, 5) is 13.4. The summed E-state index contributed by atoms with van der Waals surface area (Å²) >= 11 is 0. The first-order valence-electron chi connectivity index (χ1n) is 7.37. The number of rotatable bonds is 1. The van der Waals surface area contributed by atoms with Crippen LogP contribution in [0, 0.1) is 0 Å². The van der Waals surface area contributed by atoms with Gasteiger partial charge >= 0.3 is 0 Å². The highest BCUT2D eigenvalue weighted by atomic mass is 16.3. The zero-order chi connectivity index (χ0) is 15.2. The van der Waals surface area contributed by atoms with E-state index in [1.54, 1.807) is 18.6 Å². The van der Waals surface area contributed by atoms with Gasteiger partial charge in [0.1, 0.15) is 5.58 Å². The van der Waals surface area contributed by atoms with Crippen molar-refractivity contribution in [2.45, 2.75) is 0 Å². The highest BCUT2D eigenvalue weighted by Crippen LogP contribution is 2.32. The molecule has 23 heavy (non-hydrogen) atoms. The molecule has 4 nitrogen and oxygen atoms in total. The first kappa shape index (κ1) is 12.3. The summed E-state index contributed by atoms with van der Waals surface area (Å²) in [6.45, 7) is 0. The molecule has 4 heterocycles. The van der Waals surface area contributed by atoms with Crippen molar-refractivity contribution in [1.29, 1.82) is 0 Å². The normalized spacial score (nSPS) is 11.5. The van der Waals surface area contributed by atoms with Crippen LogP contribution in [0.2, 0.25) is 0 Å². The van der Waals surface area contributed by atoms with Crippen LogP contribution in [0.15, 0.2) is 71.5 Å². The van der Waals surface area contributed by atoms with Crippen molar-refractivity contribution in [3.8, 4) is 11.3 Å². The van der Waals surface area contributed by atoms with E-state index >= 15 is 0 Å². The monoisotopic (exact) mass is 297 g/mol. The Labute approximate surface area is 131 Å². The Hall–Kier alpha value is -3.27. The molecule has 108 valence electrons. The minimum absolute atomic E-state index is 0.793. The number of fused-ring (bicyclic) bond motifs is 4. The third-order valence-corrected chi connectivity index (χ3v) is 4.04. The van der Waals surface area contributed by atoms with Gasteiger partial charge in [-0.3, -0.25) is 15.0 Å². The lowest BCUT2D eigenvalue weighted by molar-refractivity contribution is 0.667. The van der Waals surface area contributed by atoms with Crippen LogP contribution in [-0.2, 0) is 0 Å². The average Bonchev–Trinajstić information content (AvgIpc) is 2.99. The van der Waals surface area contributed by atoms with Crippen molar-refractivity contribution in [2.75, 3.05) is 0 Å². The van der Waals surface area contributed by atoms with Crippen LogP contribution in [-0.4, -0.2) is 15.0 Å². The fourth-order valence-corrected chi connectivity index (χ4v) is 2.96. The van der Waals surface area contributed by atoms with Crippen molar-refractivity contribution < 1.29 is 4.42 Å². The van der Waals surface area contributed by atoms with Crippen molar-refractivity contribution in [3.63, 3.8) is 0 Å². The van der Waals surface area contributed by atoms with Gasteiger partial charge in [0.25, 0.3) is 0 Å². The predicted octanol–water partition coefficient (Wildman–Crippen LogP) is 4.59. The molecule has 0 aliphatic rings. The fraction of sp³-hybridized carbons (Fsp3) is 0. The Kier molecular flexibility index (Phi) is 2.46. The van der Waals surface area contributed by atoms with Crippen LogP contribution in [0.25, 0.3) is 44.2 Å². The lowest BCUT2D eigenvalue weighted by Gasteiger charge is -2.04.